The van der Waals surface area contributed by atoms with Crippen molar-refractivity contribution in [1.29, 1.82) is 0 Å². The quantitative estimate of drug-likeness (QED) is 0.870. The molecular weight excluding hydrogens is 222 g/mol. The van der Waals surface area contributed by atoms with Crippen LogP contribution in [0, 0.1) is 13.8 Å². The van der Waals surface area contributed by atoms with Gasteiger partial charge in [-0.15, -0.1) is 11.3 Å². The molecule has 1 fully saturated rings. The molecule has 1 aliphatic rings. The van der Waals surface area contributed by atoms with Gasteiger partial charge in [-0.3, -0.25) is 0 Å². The molecule has 0 amide bonds. The Bertz CT molecular complexity index is 333. The van der Waals surface area contributed by atoms with Gasteiger partial charge in [0.05, 0.1) is 18.4 Å². The second-order valence-electron chi connectivity index (χ2n) is 4.30. The molecule has 0 spiro atoms. The van der Waals surface area contributed by atoms with Gasteiger partial charge in [0.25, 0.3) is 0 Å². The molecule has 2 rings (SSSR count). The van der Waals surface area contributed by atoms with Crippen LogP contribution in [0.3, 0.4) is 0 Å². The van der Waals surface area contributed by atoms with Crippen molar-refractivity contribution in [1.82, 2.24) is 9.88 Å². The number of likely N-dealkylation sites (N-methyl/N-ethyl adjacent to an activating group) is 1. The van der Waals surface area contributed by atoms with Crippen molar-refractivity contribution < 1.29 is 4.74 Å². The molecule has 1 aromatic rings. The Hall–Kier alpha value is -0.650. The summed E-state index contributed by atoms with van der Waals surface area (Å²) in [5.74, 6) is 0. The molecule has 0 bridgehead atoms. The van der Waals surface area contributed by atoms with Crippen LogP contribution < -0.4 is 5.32 Å². The normalized spacial score (nSPS) is 22.3. The van der Waals surface area contributed by atoms with Gasteiger partial charge in [-0.1, -0.05) is 0 Å². The van der Waals surface area contributed by atoms with Crippen molar-refractivity contribution in [3.63, 3.8) is 0 Å². The van der Waals surface area contributed by atoms with E-state index in [1.54, 1.807) is 11.3 Å². The Morgan fingerprint density at radius 2 is 2.38 bits per heavy atom. The Labute approximate surface area is 101 Å². The standard InChI is InChI=1S/C11H19N3OS/c1-8-9(2)16-11(13-8)12-6-10-7-14(3)4-5-15-10/h10H,4-7H2,1-3H3,(H,12,13). The molecular formula is C11H19N3OS. The molecule has 0 radical (unpaired) electrons. The third kappa shape index (κ3) is 2.93. The number of nitrogens with zero attached hydrogens (tertiary/aromatic N) is 2. The van der Waals surface area contributed by atoms with Crippen LogP contribution in [0.2, 0.25) is 0 Å². The number of rotatable bonds is 3. The molecule has 5 heteroatoms. The molecule has 4 nitrogen and oxygen atoms in total. The molecule has 0 saturated carbocycles. The minimum absolute atomic E-state index is 0.281. The number of hydrogen-bond acceptors (Lipinski definition) is 5. The van der Waals surface area contributed by atoms with E-state index in [-0.39, 0.29) is 6.10 Å². The van der Waals surface area contributed by atoms with Gasteiger partial charge in [0.1, 0.15) is 0 Å². The first-order valence-electron chi connectivity index (χ1n) is 5.63. The van der Waals surface area contributed by atoms with Crippen LogP contribution in [0.4, 0.5) is 5.13 Å². The summed E-state index contributed by atoms with van der Waals surface area (Å²) in [7, 11) is 2.13. The number of anilines is 1. The first kappa shape index (κ1) is 11.8. The van der Waals surface area contributed by atoms with Gasteiger partial charge in [0.2, 0.25) is 0 Å². The van der Waals surface area contributed by atoms with E-state index >= 15 is 0 Å². The molecule has 0 aliphatic carbocycles. The molecule has 2 heterocycles. The van der Waals surface area contributed by atoms with Crippen molar-refractivity contribution in [3.05, 3.63) is 10.6 Å². The molecule has 1 atom stereocenters. The van der Waals surface area contributed by atoms with E-state index in [0.29, 0.717) is 0 Å². The van der Waals surface area contributed by atoms with Gasteiger partial charge >= 0.3 is 0 Å². The second-order valence-corrected chi connectivity index (χ2v) is 5.50. The largest absolute Gasteiger partial charge is 0.374 e. The predicted octanol–water partition coefficient (Wildman–Crippen LogP) is 1.50. The fraction of sp³-hybridized carbons (Fsp3) is 0.727. The van der Waals surface area contributed by atoms with E-state index in [9.17, 15) is 0 Å². The van der Waals surface area contributed by atoms with Crippen molar-refractivity contribution in [3.8, 4) is 0 Å². The number of nitrogens with one attached hydrogen (secondary N) is 1. The summed E-state index contributed by atoms with van der Waals surface area (Å²) < 4.78 is 5.68. The maximum Gasteiger partial charge on any atom is 0.183 e. The lowest BCUT2D eigenvalue weighted by atomic mass is 10.3. The Balaban J connectivity index is 1.82. The van der Waals surface area contributed by atoms with Crippen molar-refractivity contribution in [2.75, 3.05) is 38.6 Å². The van der Waals surface area contributed by atoms with E-state index in [1.165, 1.54) is 4.88 Å². The SMILES string of the molecule is Cc1nc(NCC2CN(C)CCO2)sc1C. The van der Waals surface area contributed by atoms with Gasteiger partial charge in [-0.05, 0) is 20.9 Å². The van der Waals surface area contributed by atoms with Crippen molar-refractivity contribution in [2.45, 2.75) is 20.0 Å². The molecule has 1 N–H and O–H groups in total. The zero-order chi connectivity index (χ0) is 11.5. The van der Waals surface area contributed by atoms with E-state index < -0.39 is 0 Å². The van der Waals surface area contributed by atoms with E-state index in [0.717, 1.165) is 37.1 Å². The van der Waals surface area contributed by atoms with Crippen LogP contribution in [0.15, 0.2) is 0 Å². The van der Waals surface area contributed by atoms with Crippen LogP contribution in [0.5, 0.6) is 0 Å². The molecule has 90 valence electrons. The minimum Gasteiger partial charge on any atom is -0.374 e. The van der Waals surface area contributed by atoms with Gasteiger partial charge in [0, 0.05) is 24.5 Å². The molecule has 1 unspecified atom stereocenters. The monoisotopic (exact) mass is 241 g/mol. The fourth-order valence-electron chi connectivity index (χ4n) is 1.74. The fourth-order valence-corrected chi connectivity index (χ4v) is 2.56. The number of morpholine rings is 1. The average molecular weight is 241 g/mol. The molecule has 16 heavy (non-hydrogen) atoms. The van der Waals surface area contributed by atoms with Gasteiger partial charge in [-0.2, -0.15) is 0 Å². The lowest BCUT2D eigenvalue weighted by Crippen LogP contribution is -2.43. The summed E-state index contributed by atoms with van der Waals surface area (Å²) >= 11 is 1.71. The maximum absolute atomic E-state index is 5.68. The Morgan fingerprint density at radius 1 is 1.56 bits per heavy atom. The smallest absolute Gasteiger partial charge is 0.183 e. The van der Waals surface area contributed by atoms with Crippen LogP contribution in [0.1, 0.15) is 10.6 Å². The summed E-state index contributed by atoms with van der Waals surface area (Å²) in [6.45, 7) is 7.85. The molecule has 1 aromatic heterocycles. The summed E-state index contributed by atoms with van der Waals surface area (Å²) in [6, 6.07) is 0. The number of thiazole rings is 1. The lowest BCUT2D eigenvalue weighted by molar-refractivity contribution is -0.0117. The van der Waals surface area contributed by atoms with Crippen LogP contribution in [-0.2, 0) is 4.74 Å². The predicted molar refractivity (Wildman–Crippen MR) is 67.3 cm³/mol. The number of aromatic nitrogens is 1. The topological polar surface area (TPSA) is 37.4 Å². The van der Waals surface area contributed by atoms with E-state index in [4.69, 9.17) is 4.74 Å². The highest BCUT2D eigenvalue weighted by atomic mass is 32.1. The zero-order valence-corrected chi connectivity index (χ0v) is 10.9. The second kappa shape index (κ2) is 5.12. The van der Waals surface area contributed by atoms with Crippen LogP contribution >= 0.6 is 11.3 Å². The van der Waals surface area contributed by atoms with Crippen LogP contribution in [0.25, 0.3) is 0 Å². The summed E-state index contributed by atoms with van der Waals surface area (Å²) in [5.41, 5.74) is 1.12. The summed E-state index contributed by atoms with van der Waals surface area (Å²) in [5, 5.41) is 4.36. The van der Waals surface area contributed by atoms with Crippen molar-refractivity contribution >= 4 is 16.5 Å². The summed E-state index contributed by atoms with van der Waals surface area (Å²) in [4.78, 5) is 8.03. The highest BCUT2D eigenvalue weighted by molar-refractivity contribution is 7.15. The van der Waals surface area contributed by atoms with Crippen LogP contribution in [-0.4, -0.2) is 49.3 Å². The molecule has 1 aliphatic heterocycles. The highest BCUT2D eigenvalue weighted by Gasteiger charge is 2.17. The number of hydrogen-bond donors (Lipinski definition) is 1. The first-order valence-corrected chi connectivity index (χ1v) is 6.45. The third-order valence-electron chi connectivity index (χ3n) is 2.85. The Morgan fingerprint density at radius 3 is 3.00 bits per heavy atom. The lowest BCUT2D eigenvalue weighted by Gasteiger charge is -2.29. The first-order chi connectivity index (χ1) is 7.65. The van der Waals surface area contributed by atoms with E-state index in [2.05, 4.69) is 29.2 Å². The third-order valence-corrected chi connectivity index (χ3v) is 3.88. The summed E-state index contributed by atoms with van der Waals surface area (Å²) in [6.07, 6.45) is 0.281. The van der Waals surface area contributed by atoms with Crippen molar-refractivity contribution in [2.24, 2.45) is 0 Å². The highest BCUT2D eigenvalue weighted by Crippen LogP contribution is 2.21. The molecule has 0 aromatic carbocycles. The van der Waals surface area contributed by atoms with Gasteiger partial charge < -0.3 is 15.0 Å². The molecule has 1 saturated heterocycles. The zero-order valence-electron chi connectivity index (χ0n) is 10.1. The van der Waals surface area contributed by atoms with Gasteiger partial charge in [0.15, 0.2) is 5.13 Å². The van der Waals surface area contributed by atoms with Gasteiger partial charge in [-0.25, -0.2) is 4.98 Å². The van der Waals surface area contributed by atoms with E-state index in [1.807, 2.05) is 6.92 Å². The number of ether oxygens (including phenoxy) is 1. The minimum atomic E-state index is 0.281. The number of aryl methyl sites for hydroxylation is 2. The average Bonchev–Trinajstić information content (AvgIpc) is 2.56. The Kier molecular flexibility index (Phi) is 3.78. The maximum atomic E-state index is 5.68.